The van der Waals surface area contributed by atoms with Gasteiger partial charge in [0.25, 0.3) is 0 Å². The van der Waals surface area contributed by atoms with Crippen LogP contribution in [0.25, 0.3) is 0 Å². The summed E-state index contributed by atoms with van der Waals surface area (Å²) in [5, 5.41) is 0. The summed E-state index contributed by atoms with van der Waals surface area (Å²) >= 11 is -4.00. The molecule has 0 heterocycles. The van der Waals surface area contributed by atoms with Crippen LogP contribution in [0.2, 0.25) is 0 Å². The predicted octanol–water partition coefficient (Wildman–Crippen LogP) is -1.30. The van der Waals surface area contributed by atoms with Crippen LogP contribution in [-0.4, -0.2) is 5.48 Å². The van der Waals surface area contributed by atoms with Crippen molar-refractivity contribution in [1.82, 2.24) is 0 Å². The second kappa shape index (κ2) is 30.7. The first kappa shape index (κ1) is 15.6. The Labute approximate surface area is 56.9 Å². The van der Waals surface area contributed by atoms with Crippen LogP contribution in [0, 0.1) is 0 Å². The van der Waals surface area contributed by atoms with Crippen LogP contribution in [0.4, 0.5) is 0 Å². The molecule has 0 saturated heterocycles. The molecule has 0 amide bonds. The van der Waals surface area contributed by atoms with Gasteiger partial charge in [0, 0.05) is 0 Å². The van der Waals surface area contributed by atoms with E-state index in [0.29, 0.717) is 0 Å². The Hall–Kier alpha value is 0.589. The molecule has 0 bridgehead atoms. The van der Waals surface area contributed by atoms with E-state index < -0.39 is 38.2 Å². The third-order valence-electron chi connectivity index (χ3n) is 0. The van der Waals surface area contributed by atoms with E-state index >= 15 is 0 Å². The van der Waals surface area contributed by atoms with Crippen molar-refractivity contribution in [1.29, 1.82) is 0 Å². The molecule has 0 fully saturated rings. The van der Waals surface area contributed by atoms with E-state index in [1.54, 1.807) is 0 Å². The van der Waals surface area contributed by atoms with Crippen molar-refractivity contribution in [3.8, 4) is 0 Å². The van der Waals surface area contributed by atoms with Crippen LogP contribution >= 0.6 is 0 Å². The van der Waals surface area contributed by atoms with Crippen LogP contribution in [0.1, 0.15) is 0 Å². The van der Waals surface area contributed by atoms with E-state index in [1.165, 1.54) is 0 Å². The van der Waals surface area contributed by atoms with Crippen molar-refractivity contribution < 1.29 is 57.0 Å². The molecule has 5 nitrogen and oxygen atoms in total. The molecule has 7 heteroatoms. The number of hydrogen-bond acceptors (Lipinski definition) is 4. The van der Waals surface area contributed by atoms with Crippen molar-refractivity contribution in [3.63, 3.8) is 0 Å². The van der Waals surface area contributed by atoms with Crippen LogP contribution in [-0.2, 0) is 51.5 Å². The number of rotatable bonds is 0. The first-order chi connectivity index (χ1) is 2.83. The summed E-state index contributed by atoms with van der Waals surface area (Å²) in [5.74, 6) is 0. The molecule has 0 atom stereocenters. The van der Waals surface area contributed by atoms with Gasteiger partial charge in [0.05, 0.1) is 0 Å². The predicted molar refractivity (Wildman–Crippen MR) is 6.36 cm³/mol. The SMILES string of the molecule is O.[O]=[Ti]=[O].[O]=[Ti]=[O]. The van der Waals surface area contributed by atoms with Crippen molar-refractivity contribution in [2.75, 3.05) is 0 Å². The second-order valence-electron chi connectivity index (χ2n) is 0.167. The molecule has 0 aliphatic rings. The summed E-state index contributed by atoms with van der Waals surface area (Å²) < 4.78 is 34.0. The van der Waals surface area contributed by atoms with E-state index in [9.17, 15) is 0 Å². The van der Waals surface area contributed by atoms with Gasteiger partial charge in [-0.2, -0.15) is 0 Å². The maximum absolute atomic E-state index is 8.50. The summed E-state index contributed by atoms with van der Waals surface area (Å²) in [7, 11) is 0. The molecule has 40 valence electrons. The zero-order chi connectivity index (χ0) is 5.41. The Bertz CT molecular complexity index is 60.1. The Morgan fingerprint density at radius 2 is 0.714 bits per heavy atom. The van der Waals surface area contributed by atoms with Crippen LogP contribution < -0.4 is 0 Å². The van der Waals surface area contributed by atoms with Crippen molar-refractivity contribution >= 4 is 0 Å². The summed E-state index contributed by atoms with van der Waals surface area (Å²) in [4.78, 5) is 0. The maximum atomic E-state index is 8.50. The molecule has 0 rings (SSSR count). The Morgan fingerprint density at radius 1 is 0.714 bits per heavy atom. The zero-order valence-electron chi connectivity index (χ0n) is 3.13. The fourth-order valence-corrected chi connectivity index (χ4v) is 0. The molecule has 0 spiro atoms. The Morgan fingerprint density at radius 3 is 0.714 bits per heavy atom. The first-order valence-electron chi connectivity index (χ1n) is 0.816. The second-order valence-corrected chi connectivity index (χ2v) is 0.687. The molecule has 0 aliphatic heterocycles. The van der Waals surface area contributed by atoms with Crippen LogP contribution in [0.5, 0.6) is 0 Å². The van der Waals surface area contributed by atoms with Crippen molar-refractivity contribution in [2.24, 2.45) is 0 Å². The summed E-state index contributed by atoms with van der Waals surface area (Å²) in [6.07, 6.45) is 0. The molecule has 0 aromatic carbocycles. The average molecular weight is 178 g/mol. The molecule has 0 aromatic heterocycles. The van der Waals surface area contributed by atoms with Gasteiger partial charge >= 0.3 is 51.5 Å². The Balaban J connectivity index is -0.0000000400. The molecule has 0 radical (unpaired) electrons. The van der Waals surface area contributed by atoms with Gasteiger partial charge in [0.1, 0.15) is 0 Å². The average Bonchev–Trinajstić information content (AvgIpc) is 1.39. The van der Waals surface area contributed by atoms with Crippen molar-refractivity contribution in [3.05, 3.63) is 0 Å². The quantitative estimate of drug-likeness (QED) is 0.429. The third-order valence-corrected chi connectivity index (χ3v) is 0. The van der Waals surface area contributed by atoms with Gasteiger partial charge in [0.2, 0.25) is 0 Å². The fourth-order valence-electron chi connectivity index (χ4n) is 0. The molecule has 0 aromatic rings. The van der Waals surface area contributed by atoms with Gasteiger partial charge in [-0.25, -0.2) is 0 Å². The van der Waals surface area contributed by atoms with Crippen LogP contribution in [0.15, 0.2) is 0 Å². The zero-order valence-corrected chi connectivity index (χ0v) is 6.26. The van der Waals surface area contributed by atoms with Crippen LogP contribution in [0.3, 0.4) is 0 Å². The van der Waals surface area contributed by atoms with E-state index in [-0.39, 0.29) is 5.48 Å². The minimum atomic E-state index is -2.00. The van der Waals surface area contributed by atoms with E-state index in [2.05, 4.69) is 0 Å². The molecular weight excluding hydrogens is 176 g/mol. The number of hydrogen-bond donors (Lipinski definition) is 0. The topological polar surface area (TPSA) is 99.8 Å². The van der Waals surface area contributed by atoms with Gasteiger partial charge in [-0.3, -0.25) is 0 Å². The molecule has 2 N–H and O–H groups in total. The van der Waals surface area contributed by atoms with Gasteiger partial charge in [0.15, 0.2) is 0 Å². The minimum absolute atomic E-state index is 0. The summed E-state index contributed by atoms with van der Waals surface area (Å²) in [5.41, 5.74) is 0. The van der Waals surface area contributed by atoms with Gasteiger partial charge in [-0.05, 0) is 0 Å². The molecular formula is H2O5Ti2. The van der Waals surface area contributed by atoms with Gasteiger partial charge in [-0.1, -0.05) is 0 Å². The third kappa shape index (κ3) is 400. The molecule has 0 unspecified atom stereocenters. The molecule has 7 heavy (non-hydrogen) atoms. The normalized spacial score (nSPS) is 2.29. The first-order valence-corrected chi connectivity index (χ1v) is 3.37. The fraction of sp³-hybridized carbons (Fsp3) is 0. The molecule has 0 saturated carbocycles. The molecule has 0 aliphatic carbocycles. The van der Waals surface area contributed by atoms with E-state index in [0.717, 1.165) is 0 Å². The standard InChI is InChI=1S/H2O.4O.2Ti/h1H2;;;;;;. The summed E-state index contributed by atoms with van der Waals surface area (Å²) in [6.45, 7) is 0. The van der Waals surface area contributed by atoms with Gasteiger partial charge < -0.3 is 5.48 Å². The summed E-state index contributed by atoms with van der Waals surface area (Å²) in [6, 6.07) is 0. The van der Waals surface area contributed by atoms with Gasteiger partial charge in [-0.15, -0.1) is 0 Å². The Kier molecular flexibility index (Phi) is 68.6. The monoisotopic (exact) mass is 178 g/mol. The van der Waals surface area contributed by atoms with E-state index in [1.807, 2.05) is 0 Å². The van der Waals surface area contributed by atoms with Crippen molar-refractivity contribution in [2.45, 2.75) is 0 Å². The van der Waals surface area contributed by atoms with E-state index in [4.69, 9.17) is 13.3 Å².